The van der Waals surface area contributed by atoms with Gasteiger partial charge in [-0.2, -0.15) is 4.31 Å². The Balaban J connectivity index is 1.74. The summed E-state index contributed by atoms with van der Waals surface area (Å²) < 4.78 is 25.9. The number of benzene rings is 1. The molecule has 1 N–H and O–H groups in total. The lowest BCUT2D eigenvalue weighted by Crippen LogP contribution is -2.49. The summed E-state index contributed by atoms with van der Waals surface area (Å²) >= 11 is 0. The first kappa shape index (κ1) is 17.4. The third-order valence-electron chi connectivity index (χ3n) is 5.10. The second-order valence-corrected chi connectivity index (χ2v) is 8.85. The van der Waals surface area contributed by atoms with Gasteiger partial charge >= 0.3 is 0 Å². The molecule has 2 aliphatic rings. The molecule has 2 fully saturated rings. The molecule has 0 spiro atoms. The van der Waals surface area contributed by atoms with Crippen LogP contribution in [0.1, 0.15) is 17.5 Å². The zero-order valence-electron chi connectivity index (χ0n) is 14.4. The Bertz CT molecular complexity index is 717. The van der Waals surface area contributed by atoms with Crippen LogP contribution in [0.2, 0.25) is 0 Å². The fourth-order valence-electron chi connectivity index (χ4n) is 4.03. The molecule has 0 saturated carbocycles. The number of rotatable bonds is 4. The predicted octanol–water partition coefficient (Wildman–Crippen LogP) is 0.575. The number of sulfonamides is 1. The third kappa shape index (κ3) is 3.34. The van der Waals surface area contributed by atoms with E-state index in [0.29, 0.717) is 13.0 Å². The van der Waals surface area contributed by atoms with Gasteiger partial charge in [0.15, 0.2) is 0 Å². The molecule has 2 saturated heterocycles. The smallest absolute Gasteiger partial charge is 0.238 e. The van der Waals surface area contributed by atoms with E-state index >= 15 is 0 Å². The molecule has 1 aromatic carbocycles. The highest BCUT2D eigenvalue weighted by molar-refractivity contribution is 7.88. The maximum absolute atomic E-state index is 12.2. The number of hydrogen-bond acceptors (Lipinski definition) is 4. The minimum atomic E-state index is -3.42. The maximum atomic E-state index is 12.2. The second kappa shape index (κ2) is 6.46. The van der Waals surface area contributed by atoms with E-state index in [1.54, 1.807) is 7.05 Å². The fourth-order valence-corrected chi connectivity index (χ4v) is 5.40. The van der Waals surface area contributed by atoms with Crippen LogP contribution in [0.25, 0.3) is 0 Å². The molecule has 24 heavy (non-hydrogen) atoms. The Morgan fingerprint density at radius 3 is 2.50 bits per heavy atom. The van der Waals surface area contributed by atoms with E-state index in [1.165, 1.54) is 21.7 Å². The zero-order chi connectivity index (χ0) is 17.5. The van der Waals surface area contributed by atoms with E-state index in [-0.39, 0.29) is 17.9 Å². The minimum Gasteiger partial charge on any atom is -0.358 e. The van der Waals surface area contributed by atoms with Gasteiger partial charge in [0.1, 0.15) is 6.04 Å². The van der Waals surface area contributed by atoms with Crippen LogP contribution in [0.5, 0.6) is 0 Å². The Labute approximate surface area is 143 Å². The van der Waals surface area contributed by atoms with Crippen LogP contribution in [-0.4, -0.2) is 62.0 Å². The Morgan fingerprint density at radius 1 is 1.25 bits per heavy atom. The average molecular weight is 351 g/mol. The van der Waals surface area contributed by atoms with Crippen molar-refractivity contribution < 1.29 is 13.2 Å². The SMILES string of the molecule is CNC(=O)[C@H]1C[C@@H]2CN(Cc3ccc(C)cc3)C[C@@H]2N1S(C)(=O)=O. The van der Waals surface area contributed by atoms with Crippen molar-refractivity contribution >= 4 is 15.9 Å². The van der Waals surface area contributed by atoms with E-state index in [9.17, 15) is 13.2 Å². The summed E-state index contributed by atoms with van der Waals surface area (Å²) in [6.45, 7) is 4.39. The molecule has 0 aliphatic carbocycles. The number of aryl methyl sites for hydroxylation is 1. The molecule has 0 bridgehead atoms. The number of carbonyl (C=O) groups excluding carboxylic acids is 1. The number of likely N-dealkylation sites (tertiary alicyclic amines) is 1. The Kier molecular flexibility index (Phi) is 4.68. The molecule has 2 aliphatic heterocycles. The van der Waals surface area contributed by atoms with Crippen LogP contribution in [0.3, 0.4) is 0 Å². The molecule has 1 amide bonds. The summed E-state index contributed by atoms with van der Waals surface area (Å²) in [4.78, 5) is 14.4. The highest BCUT2D eigenvalue weighted by Crippen LogP contribution is 2.38. The Hall–Kier alpha value is -1.44. The molecule has 1 aromatic rings. The third-order valence-corrected chi connectivity index (χ3v) is 6.39. The molecule has 3 rings (SSSR count). The molecule has 0 aromatic heterocycles. The normalized spacial score (nSPS) is 28.0. The van der Waals surface area contributed by atoms with E-state index in [0.717, 1.165) is 13.1 Å². The van der Waals surface area contributed by atoms with Gasteiger partial charge in [-0.15, -0.1) is 0 Å². The molecule has 0 radical (unpaired) electrons. The molecular formula is C17H25N3O3S. The zero-order valence-corrected chi connectivity index (χ0v) is 15.2. The number of nitrogens with zero attached hydrogens (tertiary/aromatic N) is 2. The van der Waals surface area contributed by atoms with E-state index in [1.807, 2.05) is 0 Å². The molecule has 132 valence electrons. The van der Waals surface area contributed by atoms with Crippen molar-refractivity contribution in [1.29, 1.82) is 0 Å². The van der Waals surface area contributed by atoms with Crippen LogP contribution >= 0.6 is 0 Å². The molecule has 0 unspecified atom stereocenters. The quantitative estimate of drug-likeness (QED) is 0.861. The van der Waals surface area contributed by atoms with E-state index in [2.05, 4.69) is 41.4 Å². The van der Waals surface area contributed by atoms with Gasteiger partial charge in [-0.1, -0.05) is 29.8 Å². The lowest BCUT2D eigenvalue weighted by atomic mass is 10.0. The van der Waals surface area contributed by atoms with Gasteiger partial charge in [0.2, 0.25) is 15.9 Å². The van der Waals surface area contributed by atoms with Crippen molar-refractivity contribution in [2.75, 3.05) is 26.4 Å². The lowest BCUT2D eigenvalue weighted by Gasteiger charge is -2.27. The van der Waals surface area contributed by atoms with Crippen molar-refractivity contribution in [3.05, 3.63) is 35.4 Å². The van der Waals surface area contributed by atoms with Crippen LogP contribution < -0.4 is 5.32 Å². The monoisotopic (exact) mass is 351 g/mol. The second-order valence-electron chi connectivity index (χ2n) is 6.97. The van der Waals surface area contributed by atoms with Crippen LogP contribution in [0, 0.1) is 12.8 Å². The van der Waals surface area contributed by atoms with Gasteiger partial charge in [0.25, 0.3) is 0 Å². The van der Waals surface area contributed by atoms with Gasteiger partial charge in [0, 0.05) is 32.7 Å². The van der Waals surface area contributed by atoms with E-state index in [4.69, 9.17) is 0 Å². The van der Waals surface area contributed by atoms with Crippen LogP contribution in [0.15, 0.2) is 24.3 Å². The number of fused-ring (bicyclic) bond motifs is 1. The Morgan fingerprint density at radius 2 is 1.92 bits per heavy atom. The maximum Gasteiger partial charge on any atom is 0.238 e. The van der Waals surface area contributed by atoms with Crippen molar-refractivity contribution in [3.8, 4) is 0 Å². The van der Waals surface area contributed by atoms with Gasteiger partial charge in [-0.25, -0.2) is 8.42 Å². The van der Waals surface area contributed by atoms with Gasteiger partial charge in [0.05, 0.1) is 6.26 Å². The molecule has 2 heterocycles. The summed E-state index contributed by atoms with van der Waals surface area (Å²) in [6.07, 6.45) is 1.80. The summed E-state index contributed by atoms with van der Waals surface area (Å²) in [5.41, 5.74) is 2.46. The predicted molar refractivity (Wildman–Crippen MR) is 92.9 cm³/mol. The summed E-state index contributed by atoms with van der Waals surface area (Å²) in [5, 5.41) is 2.60. The number of likely N-dealkylation sites (N-methyl/N-ethyl adjacent to an activating group) is 1. The van der Waals surface area contributed by atoms with Gasteiger partial charge in [-0.3, -0.25) is 9.69 Å². The van der Waals surface area contributed by atoms with Crippen molar-refractivity contribution in [1.82, 2.24) is 14.5 Å². The summed E-state index contributed by atoms with van der Waals surface area (Å²) in [7, 11) is -1.86. The van der Waals surface area contributed by atoms with Gasteiger partial charge in [-0.05, 0) is 24.8 Å². The average Bonchev–Trinajstić information content (AvgIpc) is 3.04. The largest absolute Gasteiger partial charge is 0.358 e. The van der Waals surface area contributed by atoms with Crippen molar-refractivity contribution in [2.24, 2.45) is 5.92 Å². The molecular weight excluding hydrogens is 326 g/mol. The molecule has 7 heteroatoms. The molecule has 3 atom stereocenters. The minimum absolute atomic E-state index is 0.104. The van der Waals surface area contributed by atoms with Crippen molar-refractivity contribution in [2.45, 2.75) is 32.0 Å². The summed E-state index contributed by atoms with van der Waals surface area (Å²) in [6, 6.07) is 7.75. The number of hydrogen-bond donors (Lipinski definition) is 1. The topological polar surface area (TPSA) is 69.7 Å². The number of carbonyl (C=O) groups is 1. The van der Waals surface area contributed by atoms with Crippen LogP contribution in [0.4, 0.5) is 0 Å². The first-order valence-electron chi connectivity index (χ1n) is 8.27. The molecule has 6 nitrogen and oxygen atoms in total. The summed E-state index contributed by atoms with van der Waals surface area (Å²) in [5.74, 6) is 0.00684. The highest BCUT2D eigenvalue weighted by Gasteiger charge is 2.52. The van der Waals surface area contributed by atoms with Crippen molar-refractivity contribution in [3.63, 3.8) is 0 Å². The first-order valence-corrected chi connectivity index (χ1v) is 10.1. The number of nitrogens with one attached hydrogen (secondary N) is 1. The standard InChI is InChI=1S/C17H25N3O3S/c1-12-4-6-13(7-5-12)9-19-10-14-8-15(17(21)18-2)20(16(14)11-19)24(3,22)23/h4-7,14-16H,8-11H2,1-3H3,(H,18,21)/t14-,15-,16+/m1/s1. The number of amides is 1. The van der Waals surface area contributed by atoms with Gasteiger partial charge < -0.3 is 5.32 Å². The van der Waals surface area contributed by atoms with E-state index < -0.39 is 16.1 Å². The van der Waals surface area contributed by atoms with Crippen LogP contribution in [-0.2, 0) is 21.4 Å². The first-order chi connectivity index (χ1) is 11.3. The fraction of sp³-hybridized carbons (Fsp3) is 0.588. The lowest BCUT2D eigenvalue weighted by molar-refractivity contribution is -0.124. The highest BCUT2D eigenvalue weighted by atomic mass is 32.2.